The maximum atomic E-state index is 12.7. The minimum atomic E-state index is -0.817. The highest BCUT2D eigenvalue weighted by Gasteiger charge is 2.22. The van der Waals surface area contributed by atoms with Crippen molar-refractivity contribution in [1.82, 2.24) is 10.9 Å². The van der Waals surface area contributed by atoms with Crippen LogP contribution in [0.1, 0.15) is 11.1 Å². The lowest BCUT2D eigenvalue weighted by molar-refractivity contribution is -0.143. The van der Waals surface area contributed by atoms with Gasteiger partial charge in [-0.25, -0.2) is 5.43 Å². The number of methoxy groups -OCH3 is 3. The van der Waals surface area contributed by atoms with Crippen LogP contribution in [-0.4, -0.2) is 39.2 Å². The SMILES string of the molecule is COC(=O)[C@H](Cc1ccc(-c2c(OC)cccc2OC)cc1)NNC(=O)C(=CCl)c1ccccc1. The van der Waals surface area contributed by atoms with E-state index in [1.54, 1.807) is 38.5 Å². The van der Waals surface area contributed by atoms with Gasteiger partial charge in [-0.1, -0.05) is 72.3 Å². The molecule has 0 aliphatic rings. The van der Waals surface area contributed by atoms with E-state index < -0.39 is 17.9 Å². The summed E-state index contributed by atoms with van der Waals surface area (Å²) in [5, 5.41) is 0. The molecule has 35 heavy (non-hydrogen) atoms. The second kappa shape index (κ2) is 12.6. The van der Waals surface area contributed by atoms with Crippen LogP contribution in [0.5, 0.6) is 11.5 Å². The van der Waals surface area contributed by atoms with Crippen molar-refractivity contribution in [2.75, 3.05) is 21.3 Å². The number of benzene rings is 3. The predicted octanol–water partition coefficient (Wildman–Crippen LogP) is 4.36. The Morgan fingerprint density at radius 1 is 0.886 bits per heavy atom. The average molecular weight is 495 g/mol. The van der Waals surface area contributed by atoms with E-state index in [4.69, 9.17) is 25.8 Å². The second-order valence-electron chi connectivity index (χ2n) is 7.50. The van der Waals surface area contributed by atoms with Crippen LogP contribution in [0.3, 0.4) is 0 Å². The highest BCUT2D eigenvalue weighted by Crippen LogP contribution is 2.38. The normalized spacial score (nSPS) is 11.9. The van der Waals surface area contributed by atoms with E-state index in [0.717, 1.165) is 16.7 Å². The maximum Gasteiger partial charge on any atom is 0.325 e. The van der Waals surface area contributed by atoms with Gasteiger partial charge < -0.3 is 14.2 Å². The second-order valence-corrected chi connectivity index (χ2v) is 7.72. The Balaban J connectivity index is 1.74. The van der Waals surface area contributed by atoms with Gasteiger partial charge in [-0.2, -0.15) is 0 Å². The summed E-state index contributed by atoms with van der Waals surface area (Å²) in [5.74, 6) is 0.390. The van der Waals surface area contributed by atoms with Crippen molar-refractivity contribution < 1.29 is 23.8 Å². The molecule has 0 heterocycles. The number of carbonyl (C=O) groups is 2. The molecule has 0 aromatic heterocycles. The smallest absolute Gasteiger partial charge is 0.325 e. The molecule has 2 N–H and O–H groups in total. The van der Waals surface area contributed by atoms with Gasteiger partial charge in [0.15, 0.2) is 0 Å². The van der Waals surface area contributed by atoms with Crippen molar-refractivity contribution in [2.24, 2.45) is 0 Å². The molecule has 7 nitrogen and oxygen atoms in total. The zero-order chi connectivity index (χ0) is 25.2. The first-order valence-corrected chi connectivity index (χ1v) is 11.3. The Morgan fingerprint density at radius 3 is 2.06 bits per heavy atom. The Hall–Kier alpha value is -3.81. The summed E-state index contributed by atoms with van der Waals surface area (Å²) >= 11 is 5.88. The average Bonchev–Trinajstić information content (AvgIpc) is 2.91. The summed E-state index contributed by atoms with van der Waals surface area (Å²) in [6.07, 6.45) is 0.279. The van der Waals surface area contributed by atoms with E-state index in [1.807, 2.05) is 48.5 Å². The number of ether oxygens (including phenoxy) is 3. The molecule has 0 spiro atoms. The molecule has 3 rings (SSSR count). The van der Waals surface area contributed by atoms with Crippen molar-refractivity contribution in [3.05, 3.63) is 89.5 Å². The third-order valence-electron chi connectivity index (χ3n) is 5.39. The van der Waals surface area contributed by atoms with Gasteiger partial charge >= 0.3 is 5.97 Å². The summed E-state index contributed by atoms with van der Waals surface area (Å²) in [6, 6.07) is 21.4. The van der Waals surface area contributed by atoms with Crippen LogP contribution < -0.4 is 20.3 Å². The molecule has 1 amide bonds. The first-order valence-electron chi connectivity index (χ1n) is 10.8. The predicted molar refractivity (Wildman–Crippen MR) is 136 cm³/mol. The molecule has 0 bridgehead atoms. The third kappa shape index (κ3) is 6.41. The fraction of sp³-hybridized carbons (Fsp3) is 0.185. The quantitative estimate of drug-likeness (QED) is 0.247. The molecule has 0 saturated carbocycles. The monoisotopic (exact) mass is 494 g/mol. The molecule has 0 unspecified atom stereocenters. The van der Waals surface area contributed by atoms with E-state index in [1.165, 1.54) is 12.6 Å². The molecule has 0 saturated heterocycles. The standard InChI is InChI=1S/C27H27ClN2O5/c1-33-23-10-7-11-24(34-2)25(23)20-14-12-18(13-15-20)16-22(27(32)35-3)29-30-26(31)21(17-28)19-8-5-4-6-9-19/h4-15,17,22,29H,16H2,1-3H3,(H,30,31)/t22-/m0/s1. The molecule has 8 heteroatoms. The van der Waals surface area contributed by atoms with Gasteiger partial charge in [-0.3, -0.25) is 15.0 Å². The lowest BCUT2D eigenvalue weighted by Gasteiger charge is -2.18. The van der Waals surface area contributed by atoms with E-state index in [0.29, 0.717) is 17.1 Å². The van der Waals surface area contributed by atoms with Crippen molar-refractivity contribution >= 4 is 29.1 Å². The van der Waals surface area contributed by atoms with Gasteiger partial charge in [0.2, 0.25) is 0 Å². The van der Waals surface area contributed by atoms with E-state index in [2.05, 4.69) is 10.9 Å². The Morgan fingerprint density at radius 2 is 1.51 bits per heavy atom. The number of hydrogen-bond donors (Lipinski definition) is 2. The fourth-order valence-corrected chi connectivity index (χ4v) is 3.82. The van der Waals surface area contributed by atoms with Crippen LogP contribution in [0, 0.1) is 0 Å². The van der Waals surface area contributed by atoms with Crippen molar-refractivity contribution in [3.8, 4) is 22.6 Å². The highest BCUT2D eigenvalue weighted by molar-refractivity contribution is 6.35. The number of hydrazine groups is 1. The van der Waals surface area contributed by atoms with Gasteiger partial charge in [0, 0.05) is 12.0 Å². The van der Waals surface area contributed by atoms with Crippen molar-refractivity contribution in [1.29, 1.82) is 0 Å². The van der Waals surface area contributed by atoms with Gasteiger partial charge in [-0.15, -0.1) is 0 Å². The van der Waals surface area contributed by atoms with Gasteiger partial charge in [0.05, 0.1) is 32.5 Å². The zero-order valence-electron chi connectivity index (χ0n) is 19.7. The van der Waals surface area contributed by atoms with Crippen LogP contribution in [0.2, 0.25) is 0 Å². The molecule has 0 radical (unpaired) electrons. The molecule has 182 valence electrons. The van der Waals surface area contributed by atoms with Crippen molar-refractivity contribution in [2.45, 2.75) is 12.5 Å². The number of rotatable bonds is 10. The lowest BCUT2D eigenvalue weighted by Crippen LogP contribution is -2.49. The summed E-state index contributed by atoms with van der Waals surface area (Å²) in [4.78, 5) is 25.0. The highest BCUT2D eigenvalue weighted by atomic mass is 35.5. The van der Waals surface area contributed by atoms with E-state index in [9.17, 15) is 9.59 Å². The van der Waals surface area contributed by atoms with E-state index >= 15 is 0 Å². The number of carbonyl (C=O) groups excluding carboxylic acids is 2. The summed E-state index contributed by atoms with van der Waals surface area (Å²) in [7, 11) is 4.51. The van der Waals surface area contributed by atoms with Crippen LogP contribution in [0.15, 0.2) is 78.3 Å². The fourth-order valence-electron chi connectivity index (χ4n) is 3.60. The van der Waals surface area contributed by atoms with Crippen LogP contribution in [0.4, 0.5) is 0 Å². The Bertz CT molecular complexity index is 1160. The number of halogens is 1. The molecule has 0 fully saturated rings. The molecule has 3 aromatic rings. The molecule has 3 aromatic carbocycles. The number of amides is 1. The number of nitrogens with one attached hydrogen (secondary N) is 2. The molecule has 0 aliphatic carbocycles. The van der Waals surface area contributed by atoms with Gasteiger partial charge in [0.25, 0.3) is 5.91 Å². The minimum absolute atomic E-state index is 0.262. The van der Waals surface area contributed by atoms with Crippen LogP contribution >= 0.6 is 11.6 Å². The number of hydrogen-bond acceptors (Lipinski definition) is 6. The van der Waals surface area contributed by atoms with Gasteiger partial charge in [-0.05, 0) is 28.8 Å². The molecule has 0 aliphatic heterocycles. The van der Waals surface area contributed by atoms with Gasteiger partial charge in [0.1, 0.15) is 17.5 Å². The molecular formula is C27H27ClN2O5. The first-order chi connectivity index (χ1) is 17.0. The Labute approximate surface area is 209 Å². The van der Waals surface area contributed by atoms with Crippen molar-refractivity contribution in [3.63, 3.8) is 0 Å². The largest absolute Gasteiger partial charge is 0.496 e. The molecular weight excluding hydrogens is 468 g/mol. The number of esters is 1. The topological polar surface area (TPSA) is 85.9 Å². The minimum Gasteiger partial charge on any atom is -0.496 e. The zero-order valence-corrected chi connectivity index (χ0v) is 20.5. The molecule has 1 atom stereocenters. The summed E-state index contributed by atoms with van der Waals surface area (Å²) < 4.78 is 15.9. The lowest BCUT2D eigenvalue weighted by atomic mass is 9.99. The Kier molecular flexibility index (Phi) is 9.29. The van der Waals surface area contributed by atoms with Crippen LogP contribution in [0.25, 0.3) is 16.7 Å². The third-order valence-corrected chi connectivity index (χ3v) is 5.61. The summed E-state index contributed by atoms with van der Waals surface area (Å²) in [5.41, 5.74) is 10.0. The maximum absolute atomic E-state index is 12.7. The van der Waals surface area contributed by atoms with E-state index in [-0.39, 0.29) is 12.0 Å². The first kappa shape index (κ1) is 25.8. The summed E-state index contributed by atoms with van der Waals surface area (Å²) in [6.45, 7) is 0. The van der Waals surface area contributed by atoms with Crippen LogP contribution in [-0.2, 0) is 20.7 Å².